The molecular formula is C20H16F2N2O2. The molecule has 0 fully saturated rings. The maximum Gasteiger partial charge on any atom is 0.257 e. The van der Waals surface area contributed by atoms with Crippen LogP contribution in [0, 0.1) is 18.6 Å². The van der Waals surface area contributed by atoms with E-state index in [4.69, 9.17) is 0 Å². The van der Waals surface area contributed by atoms with E-state index in [0.29, 0.717) is 16.8 Å². The molecule has 0 aliphatic carbocycles. The summed E-state index contributed by atoms with van der Waals surface area (Å²) in [5.41, 5.74) is 0.979. The van der Waals surface area contributed by atoms with Gasteiger partial charge >= 0.3 is 0 Å². The monoisotopic (exact) mass is 354 g/mol. The summed E-state index contributed by atoms with van der Waals surface area (Å²) in [6.07, 6.45) is 1.36. The van der Waals surface area contributed by atoms with Crippen LogP contribution >= 0.6 is 0 Å². The van der Waals surface area contributed by atoms with Crippen LogP contribution in [-0.2, 0) is 6.54 Å². The lowest BCUT2D eigenvalue weighted by molar-refractivity contribution is 0.102. The molecule has 1 N–H and O–H groups in total. The van der Waals surface area contributed by atoms with Crippen molar-refractivity contribution >= 4 is 11.6 Å². The highest BCUT2D eigenvalue weighted by atomic mass is 19.1. The molecule has 0 atom stereocenters. The highest BCUT2D eigenvalue weighted by molar-refractivity contribution is 6.04. The number of aryl methyl sites for hydroxylation is 1. The lowest BCUT2D eigenvalue weighted by Crippen LogP contribution is -2.23. The Kier molecular flexibility index (Phi) is 4.93. The second-order valence-electron chi connectivity index (χ2n) is 5.89. The van der Waals surface area contributed by atoms with Crippen LogP contribution in [-0.4, -0.2) is 10.5 Å². The van der Waals surface area contributed by atoms with E-state index >= 15 is 0 Å². The van der Waals surface area contributed by atoms with Crippen LogP contribution in [0.1, 0.15) is 21.5 Å². The number of nitrogens with one attached hydrogen (secondary N) is 1. The molecular weight excluding hydrogens is 338 g/mol. The van der Waals surface area contributed by atoms with E-state index in [1.54, 1.807) is 37.3 Å². The van der Waals surface area contributed by atoms with Crippen LogP contribution < -0.4 is 10.9 Å². The van der Waals surface area contributed by atoms with Gasteiger partial charge in [0.1, 0.15) is 11.6 Å². The Labute approximate surface area is 148 Å². The van der Waals surface area contributed by atoms with E-state index in [9.17, 15) is 18.4 Å². The Morgan fingerprint density at radius 3 is 2.54 bits per heavy atom. The van der Waals surface area contributed by atoms with Crippen LogP contribution in [0.15, 0.2) is 65.6 Å². The molecule has 132 valence electrons. The molecule has 0 saturated carbocycles. The van der Waals surface area contributed by atoms with Crippen LogP contribution in [0.5, 0.6) is 0 Å². The molecule has 0 spiro atoms. The molecule has 4 nitrogen and oxygen atoms in total. The Bertz CT molecular complexity index is 1030. The maximum absolute atomic E-state index is 13.8. The van der Waals surface area contributed by atoms with Gasteiger partial charge in [0.25, 0.3) is 11.5 Å². The van der Waals surface area contributed by atoms with Gasteiger partial charge in [-0.2, -0.15) is 0 Å². The SMILES string of the molecule is Cc1ccc(NC(=O)c2ccc(=O)n(Cc3ccccc3F)c2)cc1F. The first-order chi connectivity index (χ1) is 12.4. The van der Waals surface area contributed by atoms with E-state index in [2.05, 4.69) is 5.32 Å². The van der Waals surface area contributed by atoms with Gasteiger partial charge in [-0.05, 0) is 36.8 Å². The van der Waals surface area contributed by atoms with Gasteiger partial charge in [0.2, 0.25) is 0 Å². The van der Waals surface area contributed by atoms with E-state index in [-0.39, 0.29) is 17.7 Å². The first kappa shape index (κ1) is 17.5. The van der Waals surface area contributed by atoms with Crippen molar-refractivity contribution in [2.45, 2.75) is 13.5 Å². The molecule has 26 heavy (non-hydrogen) atoms. The summed E-state index contributed by atoms with van der Waals surface area (Å²) in [7, 11) is 0. The fourth-order valence-corrected chi connectivity index (χ4v) is 2.47. The fourth-order valence-electron chi connectivity index (χ4n) is 2.47. The van der Waals surface area contributed by atoms with Gasteiger partial charge in [0, 0.05) is 23.5 Å². The fraction of sp³-hybridized carbons (Fsp3) is 0.100. The largest absolute Gasteiger partial charge is 0.322 e. The number of hydrogen-bond acceptors (Lipinski definition) is 2. The third-order valence-electron chi connectivity index (χ3n) is 3.97. The number of aromatic nitrogens is 1. The summed E-state index contributed by atoms with van der Waals surface area (Å²) in [6.45, 7) is 1.63. The van der Waals surface area contributed by atoms with Gasteiger partial charge < -0.3 is 9.88 Å². The van der Waals surface area contributed by atoms with Crippen molar-refractivity contribution in [3.05, 3.63) is 99.5 Å². The molecule has 0 bridgehead atoms. The van der Waals surface area contributed by atoms with Gasteiger partial charge in [0.15, 0.2) is 0 Å². The molecule has 1 amide bonds. The molecule has 0 aliphatic heterocycles. The molecule has 0 unspecified atom stereocenters. The molecule has 1 aromatic heterocycles. The van der Waals surface area contributed by atoms with Gasteiger partial charge in [-0.1, -0.05) is 24.3 Å². The van der Waals surface area contributed by atoms with Gasteiger partial charge in [-0.3, -0.25) is 9.59 Å². The van der Waals surface area contributed by atoms with E-state index in [1.165, 1.54) is 35.0 Å². The zero-order valence-corrected chi connectivity index (χ0v) is 14.0. The molecule has 0 aliphatic rings. The Balaban J connectivity index is 1.84. The highest BCUT2D eigenvalue weighted by Crippen LogP contribution is 2.15. The smallest absolute Gasteiger partial charge is 0.257 e. The molecule has 2 aromatic carbocycles. The van der Waals surface area contributed by atoms with Crippen molar-refractivity contribution in [3.8, 4) is 0 Å². The minimum atomic E-state index is -0.490. The van der Waals surface area contributed by atoms with Crippen molar-refractivity contribution in [1.82, 2.24) is 4.57 Å². The summed E-state index contributed by atoms with van der Waals surface area (Å²) in [5, 5.41) is 2.58. The highest BCUT2D eigenvalue weighted by Gasteiger charge is 2.10. The quantitative estimate of drug-likeness (QED) is 0.776. The standard InChI is InChI=1S/C20H16F2N2O2/c1-13-6-8-16(10-18(13)22)23-20(26)15-7-9-19(25)24(12-15)11-14-4-2-3-5-17(14)21/h2-10,12H,11H2,1H3,(H,23,26). The maximum atomic E-state index is 13.8. The lowest BCUT2D eigenvalue weighted by Gasteiger charge is -2.10. The number of amides is 1. The second kappa shape index (κ2) is 7.31. The summed E-state index contributed by atoms with van der Waals surface area (Å²) in [6, 6.07) is 13.1. The van der Waals surface area contributed by atoms with E-state index in [0.717, 1.165) is 0 Å². The second-order valence-corrected chi connectivity index (χ2v) is 5.89. The molecule has 0 saturated heterocycles. The third-order valence-corrected chi connectivity index (χ3v) is 3.97. The van der Waals surface area contributed by atoms with E-state index in [1.807, 2.05) is 0 Å². The van der Waals surface area contributed by atoms with Gasteiger partial charge in [0.05, 0.1) is 12.1 Å². The number of carbonyl (C=O) groups excluding carboxylic acids is 1. The Morgan fingerprint density at radius 2 is 1.81 bits per heavy atom. The van der Waals surface area contributed by atoms with Crippen LogP contribution in [0.2, 0.25) is 0 Å². The number of pyridine rings is 1. The molecule has 0 radical (unpaired) electrons. The zero-order valence-electron chi connectivity index (χ0n) is 14.0. The summed E-state index contributed by atoms with van der Waals surface area (Å²) in [4.78, 5) is 24.4. The lowest BCUT2D eigenvalue weighted by atomic mass is 10.2. The van der Waals surface area contributed by atoms with Gasteiger partial charge in [-0.25, -0.2) is 8.78 Å². The number of anilines is 1. The average Bonchev–Trinajstić information content (AvgIpc) is 2.62. The normalized spacial score (nSPS) is 10.6. The number of rotatable bonds is 4. The first-order valence-corrected chi connectivity index (χ1v) is 7.95. The van der Waals surface area contributed by atoms with Crippen molar-refractivity contribution in [2.75, 3.05) is 5.32 Å². The third kappa shape index (κ3) is 3.85. The minimum Gasteiger partial charge on any atom is -0.322 e. The average molecular weight is 354 g/mol. The van der Waals surface area contributed by atoms with Gasteiger partial charge in [-0.15, -0.1) is 0 Å². The predicted molar refractivity (Wildman–Crippen MR) is 95.3 cm³/mol. The summed E-state index contributed by atoms with van der Waals surface area (Å²) >= 11 is 0. The van der Waals surface area contributed by atoms with Crippen molar-refractivity contribution in [2.24, 2.45) is 0 Å². The van der Waals surface area contributed by atoms with Crippen LogP contribution in [0.3, 0.4) is 0 Å². The molecule has 1 heterocycles. The number of halogens is 2. The Hall–Kier alpha value is -3.28. The first-order valence-electron chi connectivity index (χ1n) is 7.95. The zero-order chi connectivity index (χ0) is 18.7. The van der Waals surface area contributed by atoms with E-state index < -0.39 is 17.5 Å². The van der Waals surface area contributed by atoms with Crippen LogP contribution in [0.4, 0.5) is 14.5 Å². The predicted octanol–water partition coefficient (Wildman–Crippen LogP) is 3.74. The number of nitrogens with zero attached hydrogens (tertiary/aromatic N) is 1. The van der Waals surface area contributed by atoms with Crippen LogP contribution in [0.25, 0.3) is 0 Å². The molecule has 6 heteroatoms. The summed E-state index contributed by atoms with van der Waals surface area (Å²) < 4.78 is 28.6. The number of carbonyl (C=O) groups is 1. The summed E-state index contributed by atoms with van der Waals surface area (Å²) in [5.74, 6) is -1.34. The Morgan fingerprint density at radius 1 is 1.04 bits per heavy atom. The minimum absolute atomic E-state index is 0.00574. The van der Waals surface area contributed by atoms with Crippen molar-refractivity contribution in [3.63, 3.8) is 0 Å². The van der Waals surface area contributed by atoms with Crippen molar-refractivity contribution in [1.29, 1.82) is 0 Å². The van der Waals surface area contributed by atoms with Crippen molar-refractivity contribution < 1.29 is 13.6 Å². The topological polar surface area (TPSA) is 51.1 Å². The molecule has 3 aromatic rings. The molecule has 3 rings (SSSR count). The number of hydrogen-bond donors (Lipinski definition) is 1. The number of benzene rings is 2.